The molecule has 168 valence electrons. The number of alkyl halides is 1. The molecule has 5 heterocycles. The van der Waals surface area contributed by atoms with E-state index in [2.05, 4.69) is 25.1 Å². The molecule has 1 amide bonds. The fourth-order valence-corrected chi connectivity index (χ4v) is 4.64. The Labute approximate surface area is 188 Å². The Balaban J connectivity index is 1.34. The molecule has 6 rings (SSSR count). The Morgan fingerprint density at radius 3 is 2.76 bits per heavy atom. The number of benzene rings is 1. The number of carbonyl (C=O) groups excluding carboxylic acids is 1. The number of aromatic nitrogens is 5. The topological polar surface area (TPSA) is 104 Å². The SMILES string of the molecule is O=C(c1nnc(N2CCC(F)CC2)o1)N1CCc2[nH]cnc2[C@H]1c1cc2ccccc2cn1. The maximum Gasteiger partial charge on any atom is 0.318 e. The predicted octanol–water partition coefficient (Wildman–Crippen LogP) is 3.07. The molecule has 9 nitrogen and oxygen atoms in total. The quantitative estimate of drug-likeness (QED) is 0.515. The molecule has 1 atom stereocenters. The van der Waals surface area contributed by atoms with Gasteiger partial charge in [0.15, 0.2) is 0 Å². The van der Waals surface area contributed by atoms with Gasteiger partial charge in [-0.05, 0) is 24.3 Å². The number of pyridine rings is 1. The van der Waals surface area contributed by atoms with E-state index in [4.69, 9.17) is 4.42 Å². The van der Waals surface area contributed by atoms with Crippen molar-refractivity contribution in [1.29, 1.82) is 0 Å². The van der Waals surface area contributed by atoms with Crippen molar-refractivity contribution in [2.75, 3.05) is 24.5 Å². The standard InChI is InChI=1S/C23H22FN7O2/c24-16-5-8-30(9-6-16)23-29-28-21(33-23)22(32)31-10-7-17-19(27-13-26-17)20(31)18-11-14-3-1-2-4-15(14)12-25-18/h1-4,11-13,16,20H,5-10H2,(H,26,27)/t20-/m1/s1. The largest absolute Gasteiger partial charge is 0.399 e. The third kappa shape index (κ3) is 3.51. The maximum atomic E-state index is 13.5. The molecule has 4 aromatic rings. The summed E-state index contributed by atoms with van der Waals surface area (Å²) in [6.07, 6.45) is 4.11. The average molecular weight is 447 g/mol. The molecule has 1 saturated heterocycles. The number of hydrogen-bond acceptors (Lipinski definition) is 7. The van der Waals surface area contributed by atoms with Gasteiger partial charge in [0.25, 0.3) is 0 Å². The van der Waals surface area contributed by atoms with Crippen LogP contribution in [0.15, 0.2) is 47.3 Å². The van der Waals surface area contributed by atoms with Crippen molar-refractivity contribution in [1.82, 2.24) is 30.0 Å². The molecule has 2 aliphatic rings. The van der Waals surface area contributed by atoms with Crippen molar-refractivity contribution in [2.24, 2.45) is 0 Å². The first-order valence-electron chi connectivity index (χ1n) is 11.1. The lowest BCUT2D eigenvalue weighted by atomic mass is 9.98. The number of fused-ring (bicyclic) bond motifs is 2. The van der Waals surface area contributed by atoms with Gasteiger partial charge >= 0.3 is 17.8 Å². The van der Waals surface area contributed by atoms with Gasteiger partial charge < -0.3 is 19.2 Å². The van der Waals surface area contributed by atoms with E-state index in [1.807, 2.05) is 41.4 Å². The third-order valence-corrected chi connectivity index (χ3v) is 6.41. The van der Waals surface area contributed by atoms with Gasteiger partial charge in [0, 0.05) is 43.3 Å². The van der Waals surface area contributed by atoms with Crippen molar-refractivity contribution in [2.45, 2.75) is 31.5 Å². The van der Waals surface area contributed by atoms with Crippen LogP contribution in [0.1, 0.15) is 46.7 Å². The van der Waals surface area contributed by atoms with Crippen LogP contribution in [0.4, 0.5) is 10.4 Å². The Morgan fingerprint density at radius 1 is 1.09 bits per heavy atom. The van der Waals surface area contributed by atoms with Crippen LogP contribution in [0.5, 0.6) is 0 Å². The van der Waals surface area contributed by atoms with Crippen LogP contribution in [0.3, 0.4) is 0 Å². The molecule has 33 heavy (non-hydrogen) atoms. The number of anilines is 1. The zero-order valence-electron chi connectivity index (χ0n) is 17.8. The van der Waals surface area contributed by atoms with Gasteiger partial charge in [0.05, 0.1) is 17.7 Å². The summed E-state index contributed by atoms with van der Waals surface area (Å²) < 4.78 is 19.2. The summed E-state index contributed by atoms with van der Waals surface area (Å²) in [6, 6.07) is 9.73. The molecule has 1 aromatic carbocycles. The maximum absolute atomic E-state index is 13.5. The van der Waals surface area contributed by atoms with E-state index in [0.29, 0.717) is 38.9 Å². The number of nitrogens with one attached hydrogen (secondary N) is 1. The van der Waals surface area contributed by atoms with Gasteiger partial charge in [-0.3, -0.25) is 9.78 Å². The number of H-pyrrole nitrogens is 1. The number of carbonyl (C=O) groups is 1. The summed E-state index contributed by atoms with van der Waals surface area (Å²) in [5.74, 6) is -0.458. The number of amides is 1. The predicted molar refractivity (Wildman–Crippen MR) is 118 cm³/mol. The second-order valence-electron chi connectivity index (χ2n) is 8.43. The molecular formula is C23H22FN7O2. The van der Waals surface area contributed by atoms with Gasteiger partial charge in [-0.1, -0.05) is 29.4 Å². The minimum atomic E-state index is -0.808. The number of hydrogen-bond donors (Lipinski definition) is 1. The van der Waals surface area contributed by atoms with E-state index in [0.717, 1.165) is 27.9 Å². The average Bonchev–Trinajstić information content (AvgIpc) is 3.53. The van der Waals surface area contributed by atoms with E-state index in [1.54, 1.807) is 11.2 Å². The van der Waals surface area contributed by atoms with Crippen LogP contribution < -0.4 is 4.90 Å². The lowest BCUT2D eigenvalue weighted by molar-refractivity contribution is 0.0646. The zero-order valence-corrected chi connectivity index (χ0v) is 17.8. The van der Waals surface area contributed by atoms with E-state index in [1.165, 1.54) is 0 Å². The minimum absolute atomic E-state index is 0.0860. The molecule has 0 unspecified atom stereocenters. The van der Waals surface area contributed by atoms with Crippen molar-refractivity contribution < 1.29 is 13.6 Å². The molecule has 0 bridgehead atoms. The zero-order chi connectivity index (χ0) is 22.4. The molecule has 1 fully saturated rings. The Hall–Kier alpha value is -3.82. The van der Waals surface area contributed by atoms with Gasteiger partial charge in [0.1, 0.15) is 12.2 Å². The number of aromatic amines is 1. The second kappa shape index (κ2) is 7.95. The van der Waals surface area contributed by atoms with Crippen molar-refractivity contribution >= 4 is 22.7 Å². The minimum Gasteiger partial charge on any atom is -0.399 e. The Kier molecular flexibility index (Phi) is 4.78. The summed E-state index contributed by atoms with van der Waals surface area (Å²) in [5, 5.41) is 10.1. The highest BCUT2D eigenvalue weighted by molar-refractivity contribution is 5.90. The Bertz CT molecular complexity index is 1310. The Morgan fingerprint density at radius 2 is 1.91 bits per heavy atom. The molecule has 2 aliphatic heterocycles. The summed E-state index contributed by atoms with van der Waals surface area (Å²) in [4.78, 5) is 29.4. The van der Waals surface area contributed by atoms with Crippen LogP contribution >= 0.6 is 0 Å². The van der Waals surface area contributed by atoms with Crippen molar-refractivity contribution in [3.8, 4) is 0 Å². The van der Waals surface area contributed by atoms with Gasteiger partial charge in [0.2, 0.25) is 0 Å². The van der Waals surface area contributed by atoms with Crippen LogP contribution in [0, 0.1) is 0 Å². The number of rotatable bonds is 3. The number of piperidine rings is 1. The highest BCUT2D eigenvalue weighted by Crippen LogP contribution is 2.34. The van der Waals surface area contributed by atoms with Crippen LogP contribution in [0.2, 0.25) is 0 Å². The molecule has 3 aromatic heterocycles. The van der Waals surface area contributed by atoms with Gasteiger partial charge in [-0.25, -0.2) is 9.37 Å². The highest BCUT2D eigenvalue weighted by Gasteiger charge is 2.38. The van der Waals surface area contributed by atoms with Crippen molar-refractivity contribution in [3.05, 3.63) is 65.8 Å². The monoisotopic (exact) mass is 447 g/mol. The van der Waals surface area contributed by atoms with Gasteiger partial charge in [-0.15, -0.1) is 5.10 Å². The summed E-state index contributed by atoms with van der Waals surface area (Å²) in [6.45, 7) is 1.43. The number of imidazole rings is 1. The van der Waals surface area contributed by atoms with Gasteiger partial charge in [-0.2, -0.15) is 0 Å². The first-order valence-corrected chi connectivity index (χ1v) is 11.1. The number of halogens is 1. The lowest BCUT2D eigenvalue weighted by Gasteiger charge is -2.33. The van der Waals surface area contributed by atoms with E-state index < -0.39 is 12.2 Å². The highest BCUT2D eigenvalue weighted by atomic mass is 19.1. The molecular weight excluding hydrogens is 425 g/mol. The first-order chi connectivity index (χ1) is 16.2. The molecule has 1 N–H and O–H groups in total. The van der Waals surface area contributed by atoms with Crippen LogP contribution in [0.25, 0.3) is 10.8 Å². The smallest absolute Gasteiger partial charge is 0.318 e. The molecule has 0 aliphatic carbocycles. The lowest BCUT2D eigenvalue weighted by Crippen LogP contribution is -2.41. The molecule has 0 spiro atoms. The third-order valence-electron chi connectivity index (χ3n) is 6.41. The number of nitrogens with zero attached hydrogens (tertiary/aromatic N) is 6. The molecule has 10 heteroatoms. The molecule has 0 saturated carbocycles. The fourth-order valence-electron chi connectivity index (χ4n) is 4.64. The van der Waals surface area contributed by atoms with E-state index >= 15 is 0 Å². The van der Waals surface area contributed by atoms with Crippen molar-refractivity contribution in [3.63, 3.8) is 0 Å². The van der Waals surface area contributed by atoms with Crippen LogP contribution in [-0.4, -0.2) is 61.8 Å². The van der Waals surface area contributed by atoms with Crippen LogP contribution in [-0.2, 0) is 6.42 Å². The normalized spacial score (nSPS) is 19.1. The summed E-state index contributed by atoms with van der Waals surface area (Å²) in [5.41, 5.74) is 2.47. The molecule has 0 radical (unpaired) electrons. The second-order valence-corrected chi connectivity index (χ2v) is 8.43. The fraction of sp³-hybridized carbons (Fsp3) is 0.348. The first kappa shape index (κ1) is 19.8. The summed E-state index contributed by atoms with van der Waals surface area (Å²) >= 11 is 0. The van der Waals surface area contributed by atoms with E-state index in [9.17, 15) is 9.18 Å². The summed E-state index contributed by atoms with van der Waals surface area (Å²) in [7, 11) is 0. The van der Waals surface area contributed by atoms with E-state index in [-0.39, 0.29) is 17.8 Å².